The minimum Gasteiger partial charge on any atom is -0.359 e. The first-order valence-electron chi connectivity index (χ1n) is 6.62. The summed E-state index contributed by atoms with van der Waals surface area (Å²) in [6, 6.07) is 5.39. The fraction of sp³-hybridized carbons (Fsp3) is 0.500. The van der Waals surface area contributed by atoms with Gasteiger partial charge in [-0.3, -0.25) is 4.79 Å². The molecule has 1 heterocycles. The molecule has 0 aliphatic heterocycles. The fourth-order valence-electron chi connectivity index (χ4n) is 2.23. The maximum absolute atomic E-state index is 12.0. The van der Waals surface area contributed by atoms with Crippen LogP contribution in [0, 0.1) is 11.3 Å². The summed E-state index contributed by atoms with van der Waals surface area (Å²) in [5.41, 5.74) is 0.508. The molecule has 1 atom stereocenters. The van der Waals surface area contributed by atoms with E-state index in [9.17, 15) is 4.79 Å². The van der Waals surface area contributed by atoms with Crippen molar-refractivity contribution >= 4 is 11.7 Å². The Morgan fingerprint density at radius 2 is 2.21 bits per heavy atom. The van der Waals surface area contributed by atoms with Gasteiger partial charge in [-0.05, 0) is 31.9 Å². The van der Waals surface area contributed by atoms with Crippen LogP contribution in [-0.2, 0) is 4.79 Å². The molecule has 1 amide bonds. The minimum absolute atomic E-state index is 0.00180. The highest BCUT2D eigenvalue weighted by Gasteiger charge is 2.20. The molecule has 100 valence electrons. The molecule has 5 heteroatoms. The average molecular weight is 258 g/mol. The predicted octanol–water partition coefficient (Wildman–Crippen LogP) is 1.81. The van der Waals surface area contributed by atoms with Gasteiger partial charge in [0.2, 0.25) is 5.91 Å². The molecule has 0 spiro atoms. The number of carbonyl (C=O) groups excluding carboxylic acids is 1. The van der Waals surface area contributed by atoms with Crippen LogP contribution >= 0.6 is 0 Å². The van der Waals surface area contributed by atoms with Crippen LogP contribution in [0.4, 0.5) is 5.82 Å². The first-order chi connectivity index (χ1) is 9.19. The number of nitrogens with zero attached hydrogens (tertiary/aromatic N) is 2. The van der Waals surface area contributed by atoms with Crippen LogP contribution in [0.2, 0.25) is 0 Å². The van der Waals surface area contributed by atoms with Gasteiger partial charge in [0.1, 0.15) is 17.9 Å². The third kappa shape index (κ3) is 3.68. The van der Waals surface area contributed by atoms with Crippen molar-refractivity contribution in [1.29, 1.82) is 5.26 Å². The van der Waals surface area contributed by atoms with Gasteiger partial charge in [0.25, 0.3) is 0 Å². The van der Waals surface area contributed by atoms with E-state index >= 15 is 0 Å². The van der Waals surface area contributed by atoms with Crippen molar-refractivity contribution in [3.05, 3.63) is 23.9 Å². The molecule has 0 unspecified atom stereocenters. The molecule has 2 N–H and O–H groups in total. The highest BCUT2D eigenvalue weighted by atomic mass is 16.2. The maximum atomic E-state index is 12.0. The van der Waals surface area contributed by atoms with Crippen molar-refractivity contribution in [3.8, 4) is 6.07 Å². The molecule has 2 rings (SSSR count). The van der Waals surface area contributed by atoms with E-state index in [-0.39, 0.29) is 11.9 Å². The second-order valence-corrected chi connectivity index (χ2v) is 4.90. The number of hydrogen-bond acceptors (Lipinski definition) is 4. The van der Waals surface area contributed by atoms with Crippen molar-refractivity contribution in [3.63, 3.8) is 0 Å². The summed E-state index contributed by atoms with van der Waals surface area (Å²) in [6.07, 6.45) is 6.04. The first-order valence-corrected chi connectivity index (χ1v) is 6.62. The summed E-state index contributed by atoms with van der Waals surface area (Å²) in [5, 5.41) is 14.8. The largest absolute Gasteiger partial charge is 0.359 e. The summed E-state index contributed by atoms with van der Waals surface area (Å²) in [5.74, 6) is 0.603. The van der Waals surface area contributed by atoms with E-state index in [0.29, 0.717) is 17.4 Å². The number of nitrogens with one attached hydrogen (secondary N) is 2. The SMILES string of the molecule is C[C@H](Nc1ccc(C#N)cn1)C(=O)NC1CCCC1. The van der Waals surface area contributed by atoms with Crippen molar-refractivity contribution in [1.82, 2.24) is 10.3 Å². The number of rotatable bonds is 4. The predicted molar refractivity (Wildman–Crippen MR) is 72.4 cm³/mol. The molecule has 5 nitrogen and oxygen atoms in total. The van der Waals surface area contributed by atoms with E-state index in [4.69, 9.17) is 5.26 Å². The Kier molecular flexibility index (Phi) is 4.35. The monoisotopic (exact) mass is 258 g/mol. The Balaban J connectivity index is 1.86. The van der Waals surface area contributed by atoms with Crippen molar-refractivity contribution < 1.29 is 4.79 Å². The zero-order chi connectivity index (χ0) is 13.7. The van der Waals surface area contributed by atoms with E-state index in [1.54, 1.807) is 12.1 Å². The van der Waals surface area contributed by atoms with E-state index in [2.05, 4.69) is 15.6 Å². The molecule has 1 saturated carbocycles. The molecule has 1 fully saturated rings. The van der Waals surface area contributed by atoms with E-state index in [0.717, 1.165) is 12.8 Å². The topological polar surface area (TPSA) is 77.8 Å². The zero-order valence-electron chi connectivity index (χ0n) is 11.0. The second-order valence-electron chi connectivity index (χ2n) is 4.90. The Morgan fingerprint density at radius 1 is 1.47 bits per heavy atom. The molecule has 19 heavy (non-hydrogen) atoms. The van der Waals surface area contributed by atoms with Gasteiger partial charge in [0.15, 0.2) is 0 Å². The molecule has 0 saturated heterocycles. The Morgan fingerprint density at radius 3 is 2.79 bits per heavy atom. The number of carbonyl (C=O) groups is 1. The van der Waals surface area contributed by atoms with Gasteiger partial charge in [-0.25, -0.2) is 4.98 Å². The number of pyridine rings is 1. The lowest BCUT2D eigenvalue weighted by Crippen LogP contribution is -2.42. The number of nitriles is 1. The van der Waals surface area contributed by atoms with Gasteiger partial charge in [-0.2, -0.15) is 5.26 Å². The van der Waals surface area contributed by atoms with Crippen molar-refractivity contribution in [2.24, 2.45) is 0 Å². The molecule has 0 radical (unpaired) electrons. The van der Waals surface area contributed by atoms with Crippen LogP contribution in [-0.4, -0.2) is 23.0 Å². The van der Waals surface area contributed by atoms with Crippen LogP contribution in [0.3, 0.4) is 0 Å². The highest BCUT2D eigenvalue weighted by molar-refractivity contribution is 5.84. The molecular formula is C14H18N4O. The van der Waals surface area contributed by atoms with Gasteiger partial charge < -0.3 is 10.6 Å². The molecule has 1 aromatic rings. The van der Waals surface area contributed by atoms with Crippen LogP contribution in [0.5, 0.6) is 0 Å². The molecule has 1 aromatic heterocycles. The van der Waals surface area contributed by atoms with Gasteiger partial charge in [-0.1, -0.05) is 12.8 Å². The van der Waals surface area contributed by atoms with E-state index < -0.39 is 0 Å². The zero-order valence-corrected chi connectivity index (χ0v) is 11.0. The number of amides is 1. The fourth-order valence-corrected chi connectivity index (χ4v) is 2.23. The van der Waals surface area contributed by atoms with E-state index in [1.165, 1.54) is 19.0 Å². The normalized spacial score (nSPS) is 16.6. The molecule has 0 aromatic carbocycles. The van der Waals surface area contributed by atoms with Gasteiger partial charge in [0, 0.05) is 12.2 Å². The summed E-state index contributed by atoms with van der Waals surface area (Å²) in [6.45, 7) is 1.81. The van der Waals surface area contributed by atoms with E-state index in [1.807, 2.05) is 13.0 Å². The van der Waals surface area contributed by atoms with Crippen molar-refractivity contribution in [2.45, 2.75) is 44.7 Å². The van der Waals surface area contributed by atoms with Crippen LogP contribution in [0.1, 0.15) is 38.2 Å². The van der Waals surface area contributed by atoms with Crippen LogP contribution < -0.4 is 10.6 Å². The number of hydrogen-bond donors (Lipinski definition) is 2. The average Bonchev–Trinajstić information content (AvgIpc) is 2.92. The lowest BCUT2D eigenvalue weighted by Gasteiger charge is -2.18. The summed E-state index contributed by atoms with van der Waals surface area (Å²) < 4.78 is 0. The van der Waals surface area contributed by atoms with Gasteiger partial charge in [-0.15, -0.1) is 0 Å². The van der Waals surface area contributed by atoms with Gasteiger partial charge in [0.05, 0.1) is 5.56 Å². The lowest BCUT2D eigenvalue weighted by molar-refractivity contribution is -0.122. The number of aromatic nitrogens is 1. The molecule has 1 aliphatic carbocycles. The quantitative estimate of drug-likeness (QED) is 0.863. The smallest absolute Gasteiger partial charge is 0.242 e. The van der Waals surface area contributed by atoms with Crippen molar-refractivity contribution in [2.75, 3.05) is 5.32 Å². The third-order valence-electron chi connectivity index (χ3n) is 3.35. The molecule has 0 bridgehead atoms. The maximum Gasteiger partial charge on any atom is 0.242 e. The molecule has 1 aliphatic rings. The Bertz CT molecular complexity index is 471. The second kappa shape index (κ2) is 6.19. The van der Waals surface area contributed by atoms with Crippen LogP contribution in [0.15, 0.2) is 18.3 Å². The minimum atomic E-state index is -0.332. The highest BCUT2D eigenvalue weighted by Crippen LogP contribution is 2.17. The Labute approximate surface area is 113 Å². The lowest BCUT2D eigenvalue weighted by atomic mass is 10.2. The summed E-state index contributed by atoms with van der Waals surface area (Å²) in [7, 11) is 0. The van der Waals surface area contributed by atoms with Gasteiger partial charge >= 0.3 is 0 Å². The summed E-state index contributed by atoms with van der Waals surface area (Å²) in [4.78, 5) is 16.1. The standard InChI is InChI=1S/C14H18N4O/c1-10(14(19)18-12-4-2-3-5-12)17-13-7-6-11(8-15)9-16-13/h6-7,9-10,12H,2-5H2,1H3,(H,16,17)(H,18,19)/t10-/m0/s1. The third-order valence-corrected chi connectivity index (χ3v) is 3.35. The molecular weight excluding hydrogens is 240 g/mol. The summed E-state index contributed by atoms with van der Waals surface area (Å²) >= 11 is 0. The van der Waals surface area contributed by atoms with Crippen LogP contribution in [0.25, 0.3) is 0 Å². The number of anilines is 1. The Hall–Kier alpha value is -2.09. The first kappa shape index (κ1) is 13.3.